The Balaban J connectivity index is 0.000000764. The number of aliphatic hydroxyl groups is 2. The molecule has 6 rings (SSSR count). The second-order valence-electron chi connectivity index (χ2n) is 11.1. The minimum atomic E-state index is -1.39. The van der Waals surface area contributed by atoms with Crippen LogP contribution in [-0.4, -0.2) is 46.7 Å². The van der Waals surface area contributed by atoms with Gasteiger partial charge in [-0.2, -0.15) is 0 Å². The summed E-state index contributed by atoms with van der Waals surface area (Å²) in [4.78, 5) is 4.22. The number of nitrogens with one attached hydrogen (secondary N) is 1. The highest BCUT2D eigenvalue weighted by molar-refractivity contribution is 5.82. The molecule has 0 spiro atoms. The first-order chi connectivity index (χ1) is 16.2. The van der Waals surface area contributed by atoms with Crippen molar-refractivity contribution in [1.82, 2.24) is 10.3 Å². The van der Waals surface area contributed by atoms with E-state index in [4.69, 9.17) is 4.42 Å². The topological polar surface area (TPSA) is 78.5 Å². The van der Waals surface area contributed by atoms with Gasteiger partial charge in [-0.15, -0.1) is 0 Å². The van der Waals surface area contributed by atoms with E-state index in [2.05, 4.69) is 35.4 Å². The van der Waals surface area contributed by atoms with Crippen molar-refractivity contribution in [3.63, 3.8) is 0 Å². The summed E-state index contributed by atoms with van der Waals surface area (Å²) >= 11 is 0. The van der Waals surface area contributed by atoms with Gasteiger partial charge in [0, 0.05) is 24.2 Å². The van der Waals surface area contributed by atoms with Crippen LogP contribution in [0.2, 0.25) is 0 Å². The van der Waals surface area contributed by atoms with E-state index < -0.39 is 17.4 Å². The third-order valence-electron chi connectivity index (χ3n) is 9.00. The minimum Gasteiger partial charge on any atom is -0.443 e. The van der Waals surface area contributed by atoms with Gasteiger partial charge in [-0.1, -0.05) is 25.1 Å². The number of halogens is 1. The Morgan fingerprint density at radius 3 is 2.76 bits per heavy atom. The van der Waals surface area contributed by atoms with Crippen LogP contribution in [0.4, 0.5) is 4.39 Å². The van der Waals surface area contributed by atoms with Crippen LogP contribution in [0, 0.1) is 17.3 Å². The van der Waals surface area contributed by atoms with Crippen molar-refractivity contribution in [1.29, 1.82) is 0 Å². The fourth-order valence-electron chi connectivity index (χ4n) is 7.30. The quantitative estimate of drug-likeness (QED) is 0.502. The van der Waals surface area contributed by atoms with E-state index in [1.165, 1.54) is 12.0 Å². The number of rotatable bonds is 1. The van der Waals surface area contributed by atoms with Gasteiger partial charge >= 0.3 is 0 Å². The van der Waals surface area contributed by atoms with Crippen molar-refractivity contribution < 1.29 is 19.0 Å². The van der Waals surface area contributed by atoms with Crippen molar-refractivity contribution in [3.8, 4) is 0 Å². The van der Waals surface area contributed by atoms with Gasteiger partial charge in [0.05, 0.1) is 11.7 Å². The molecule has 5 unspecified atom stereocenters. The molecular weight excluding hydrogens is 431 g/mol. The molecule has 5 nitrogen and oxygen atoms in total. The molecule has 2 fully saturated rings. The maximum Gasteiger partial charge on any atom is 0.181 e. The van der Waals surface area contributed by atoms with Crippen molar-refractivity contribution in [2.24, 2.45) is 17.3 Å². The van der Waals surface area contributed by atoms with Crippen molar-refractivity contribution in [2.75, 3.05) is 14.1 Å². The first kappa shape index (κ1) is 23.7. The molecule has 2 aromatic rings. The van der Waals surface area contributed by atoms with Crippen molar-refractivity contribution in [3.05, 3.63) is 47.9 Å². The van der Waals surface area contributed by atoms with Gasteiger partial charge in [0.15, 0.2) is 12.0 Å². The van der Waals surface area contributed by atoms with E-state index in [1.807, 2.05) is 26.2 Å². The standard InChI is InChI=1S/C26H30FNO3.C2H7N/c1-24-10-8-18-13-25(27)14-19(29)4-3-17(25)9-11-26(18,30)23(24)7-5-20(24)16-2-6-21-22(12-16)31-15-28-21;1-3-2/h2,5-6,8,12,15,17,19,23,29-30H,3-4,7,9-11,13-14H2,1H3;3H,1-2H3/t17?,19?,23?,24?,25?,26-;/m1./s1. The largest absolute Gasteiger partial charge is 0.443 e. The molecule has 4 aliphatic carbocycles. The smallest absolute Gasteiger partial charge is 0.181 e. The first-order valence-corrected chi connectivity index (χ1v) is 12.6. The fourth-order valence-corrected chi connectivity index (χ4v) is 7.30. The molecule has 0 amide bonds. The summed E-state index contributed by atoms with van der Waals surface area (Å²) in [6.07, 6.45) is 10.0. The Morgan fingerprint density at radius 2 is 1.97 bits per heavy atom. The highest BCUT2D eigenvalue weighted by Crippen LogP contribution is 2.63. The van der Waals surface area contributed by atoms with Crippen LogP contribution < -0.4 is 5.32 Å². The summed E-state index contributed by atoms with van der Waals surface area (Å²) in [6.45, 7) is 2.25. The predicted octanol–water partition coefficient (Wildman–Crippen LogP) is 5.19. The molecule has 3 N–H and O–H groups in total. The number of hydrogen-bond donors (Lipinski definition) is 3. The molecule has 4 aliphatic rings. The molecule has 1 heterocycles. The predicted molar refractivity (Wildman–Crippen MR) is 132 cm³/mol. The van der Waals surface area contributed by atoms with E-state index in [1.54, 1.807) is 0 Å². The second kappa shape index (κ2) is 8.58. The van der Waals surface area contributed by atoms with E-state index >= 15 is 4.39 Å². The molecule has 1 aromatic carbocycles. The third kappa shape index (κ3) is 3.66. The van der Waals surface area contributed by atoms with Gasteiger partial charge < -0.3 is 19.9 Å². The molecule has 0 radical (unpaired) electrons. The number of aromatic nitrogens is 1. The highest BCUT2D eigenvalue weighted by Gasteiger charge is 2.59. The van der Waals surface area contributed by atoms with Crippen LogP contribution >= 0.6 is 0 Å². The highest BCUT2D eigenvalue weighted by atomic mass is 19.1. The van der Waals surface area contributed by atoms with Crippen molar-refractivity contribution >= 4 is 16.7 Å². The number of fused-ring (bicyclic) bond motifs is 5. The lowest BCUT2D eigenvalue weighted by molar-refractivity contribution is -0.0359. The van der Waals surface area contributed by atoms with Crippen LogP contribution in [-0.2, 0) is 0 Å². The number of nitrogens with zero attached hydrogens (tertiary/aromatic N) is 1. The zero-order valence-electron chi connectivity index (χ0n) is 20.5. The van der Waals surface area contributed by atoms with Gasteiger partial charge in [0.1, 0.15) is 11.2 Å². The summed E-state index contributed by atoms with van der Waals surface area (Å²) in [7, 11) is 3.75. The molecule has 1 aromatic heterocycles. The summed E-state index contributed by atoms with van der Waals surface area (Å²) in [5.41, 5.74) is 2.26. The molecule has 34 heavy (non-hydrogen) atoms. The van der Waals surface area contributed by atoms with Crippen LogP contribution in [0.3, 0.4) is 0 Å². The first-order valence-electron chi connectivity index (χ1n) is 12.6. The number of allylic oxidation sites excluding steroid dienone is 3. The van der Waals surface area contributed by atoms with Crippen LogP contribution in [0.15, 0.2) is 46.7 Å². The van der Waals surface area contributed by atoms with Gasteiger partial charge in [-0.3, -0.25) is 0 Å². The summed E-state index contributed by atoms with van der Waals surface area (Å²) in [5.74, 6) is -0.0329. The van der Waals surface area contributed by atoms with E-state index in [0.29, 0.717) is 25.7 Å². The number of oxazole rings is 1. The number of aliphatic hydroxyl groups excluding tert-OH is 1. The Kier molecular flexibility index (Phi) is 5.98. The van der Waals surface area contributed by atoms with Gasteiger partial charge in [0.25, 0.3) is 0 Å². The zero-order chi connectivity index (χ0) is 24.1. The molecule has 6 atom stereocenters. The van der Waals surface area contributed by atoms with E-state index in [9.17, 15) is 10.2 Å². The SMILES string of the molecule is CC12CC=C3CC4(F)CC(O)CCC4CC[C@]3(O)C1CC=C2c1ccc2ncoc2c1.CNC. The molecule has 0 saturated heterocycles. The number of benzene rings is 1. The molecular formula is C28H37FN2O3. The van der Waals surface area contributed by atoms with Crippen LogP contribution in [0.5, 0.6) is 0 Å². The fraction of sp³-hybridized carbons (Fsp3) is 0.607. The number of hydrogen-bond acceptors (Lipinski definition) is 5. The van der Waals surface area contributed by atoms with Gasteiger partial charge in [0.2, 0.25) is 0 Å². The summed E-state index contributed by atoms with van der Waals surface area (Å²) in [5, 5.41) is 25.0. The van der Waals surface area contributed by atoms with Crippen LogP contribution in [0.1, 0.15) is 63.9 Å². The van der Waals surface area contributed by atoms with Gasteiger partial charge in [-0.05, 0) is 87.4 Å². The Labute approximate surface area is 201 Å². The second-order valence-corrected chi connectivity index (χ2v) is 11.1. The molecule has 0 aliphatic heterocycles. The van der Waals surface area contributed by atoms with E-state index in [-0.39, 0.29) is 30.1 Å². The summed E-state index contributed by atoms with van der Waals surface area (Å²) in [6, 6.07) is 6.12. The normalized spacial score (nSPS) is 39.1. The third-order valence-corrected chi connectivity index (χ3v) is 9.00. The Morgan fingerprint density at radius 1 is 1.18 bits per heavy atom. The Hall–Kier alpha value is -2.02. The molecule has 184 valence electrons. The summed E-state index contributed by atoms with van der Waals surface area (Å²) < 4.78 is 21.5. The molecule has 0 bridgehead atoms. The number of alkyl halides is 1. The zero-order valence-corrected chi connectivity index (χ0v) is 20.5. The Bertz CT molecular complexity index is 1130. The molecule has 6 heteroatoms. The maximum atomic E-state index is 16.0. The van der Waals surface area contributed by atoms with Gasteiger partial charge in [-0.25, -0.2) is 9.37 Å². The maximum absolute atomic E-state index is 16.0. The minimum absolute atomic E-state index is 0.0362. The monoisotopic (exact) mass is 468 g/mol. The van der Waals surface area contributed by atoms with E-state index in [0.717, 1.165) is 35.1 Å². The van der Waals surface area contributed by atoms with Crippen molar-refractivity contribution in [2.45, 2.75) is 75.7 Å². The average molecular weight is 469 g/mol. The van der Waals surface area contributed by atoms with Crippen LogP contribution in [0.25, 0.3) is 16.7 Å². The molecule has 2 saturated carbocycles. The lowest BCUT2D eigenvalue weighted by Gasteiger charge is -2.49. The lowest BCUT2D eigenvalue weighted by atomic mass is 9.58. The lowest BCUT2D eigenvalue weighted by Crippen LogP contribution is -2.49. The average Bonchev–Trinajstić information content (AvgIpc) is 3.37.